The van der Waals surface area contributed by atoms with Gasteiger partial charge in [0.2, 0.25) is 5.91 Å². The third kappa shape index (κ3) is 8.11. The second-order valence-corrected chi connectivity index (χ2v) is 13.1. The van der Waals surface area contributed by atoms with E-state index >= 15 is 0 Å². The summed E-state index contributed by atoms with van der Waals surface area (Å²) in [4.78, 5) is 15.4. The standard InChI is InChI=1S/C32H51N3O5/c1-32(2,31(36)34-19-23-11-15-38-16-12-23)18-26-8-9-27(20-33-26)39-22-24-5-10-29-28(17-24)35(13-4-14-37-3)21-30(40-29)25-6-7-25/h5,10,17,23,25-27,30,33H,4,6-9,11-16,18-22H2,1-3H3,(H,34,36)/t26-,27+,30?/m0/s1. The highest BCUT2D eigenvalue weighted by molar-refractivity contribution is 5.81. The average molecular weight is 558 g/mol. The molecule has 0 bridgehead atoms. The predicted molar refractivity (Wildman–Crippen MR) is 157 cm³/mol. The minimum Gasteiger partial charge on any atom is -0.486 e. The van der Waals surface area contributed by atoms with E-state index in [2.05, 4.69) is 47.6 Å². The lowest BCUT2D eigenvalue weighted by Crippen LogP contribution is -2.48. The van der Waals surface area contributed by atoms with Crippen molar-refractivity contribution in [1.82, 2.24) is 10.6 Å². The van der Waals surface area contributed by atoms with Crippen LogP contribution in [0.15, 0.2) is 18.2 Å². The summed E-state index contributed by atoms with van der Waals surface area (Å²) in [6, 6.07) is 6.88. The van der Waals surface area contributed by atoms with Crippen LogP contribution in [0.4, 0.5) is 5.69 Å². The zero-order valence-electron chi connectivity index (χ0n) is 24.9. The van der Waals surface area contributed by atoms with Gasteiger partial charge < -0.3 is 34.5 Å². The number of benzene rings is 1. The summed E-state index contributed by atoms with van der Waals surface area (Å²) in [5, 5.41) is 6.88. The van der Waals surface area contributed by atoms with Gasteiger partial charge in [-0.05, 0) is 80.9 Å². The Morgan fingerprint density at radius 1 is 1.15 bits per heavy atom. The molecule has 1 aromatic carbocycles. The van der Waals surface area contributed by atoms with Gasteiger partial charge in [-0.25, -0.2) is 0 Å². The first-order valence-corrected chi connectivity index (χ1v) is 15.7. The SMILES string of the molecule is COCCCN1CC(C2CC2)Oc2ccc(CO[C@@H]3CC[C@@H](CC(C)(C)C(=O)NCC4CCOCC4)NC3)cc21. The van der Waals surface area contributed by atoms with Crippen molar-refractivity contribution in [3.63, 3.8) is 0 Å². The number of rotatable bonds is 13. The second-order valence-electron chi connectivity index (χ2n) is 13.1. The molecule has 40 heavy (non-hydrogen) atoms. The molecule has 8 heteroatoms. The van der Waals surface area contributed by atoms with Gasteiger partial charge in [-0.1, -0.05) is 19.9 Å². The molecule has 1 saturated carbocycles. The fourth-order valence-electron chi connectivity index (χ4n) is 6.40. The first-order valence-electron chi connectivity index (χ1n) is 15.7. The van der Waals surface area contributed by atoms with Crippen LogP contribution in [0, 0.1) is 17.3 Å². The van der Waals surface area contributed by atoms with Crippen molar-refractivity contribution in [3.8, 4) is 5.75 Å². The smallest absolute Gasteiger partial charge is 0.225 e. The number of nitrogens with zero attached hydrogens (tertiary/aromatic N) is 1. The van der Waals surface area contributed by atoms with Crippen molar-refractivity contribution < 1.29 is 23.7 Å². The van der Waals surface area contributed by atoms with Crippen molar-refractivity contribution in [1.29, 1.82) is 0 Å². The number of ether oxygens (including phenoxy) is 4. The number of anilines is 1. The molecule has 3 heterocycles. The van der Waals surface area contributed by atoms with Crippen molar-refractivity contribution in [2.75, 3.05) is 58.0 Å². The number of methoxy groups -OCH3 is 1. The van der Waals surface area contributed by atoms with Crippen LogP contribution in [-0.2, 0) is 25.6 Å². The Labute approximate surface area is 240 Å². The molecule has 0 spiro atoms. The fraction of sp³-hybridized carbons (Fsp3) is 0.781. The van der Waals surface area contributed by atoms with Gasteiger partial charge in [0.1, 0.15) is 11.9 Å². The van der Waals surface area contributed by atoms with E-state index in [0.29, 0.717) is 30.6 Å². The Bertz CT molecular complexity index is 954. The second kappa shape index (κ2) is 13.9. The maximum absolute atomic E-state index is 12.9. The van der Waals surface area contributed by atoms with Crippen LogP contribution in [-0.4, -0.2) is 77.3 Å². The molecule has 224 valence electrons. The lowest BCUT2D eigenvalue weighted by atomic mass is 9.82. The van der Waals surface area contributed by atoms with Gasteiger partial charge in [-0.2, -0.15) is 0 Å². The number of carbonyl (C=O) groups excluding carboxylic acids is 1. The summed E-state index contributed by atoms with van der Waals surface area (Å²) in [6.45, 7) is 10.7. The van der Waals surface area contributed by atoms with Gasteiger partial charge in [-0.15, -0.1) is 0 Å². The predicted octanol–water partition coefficient (Wildman–Crippen LogP) is 4.30. The molecule has 1 aliphatic carbocycles. The lowest BCUT2D eigenvalue weighted by Gasteiger charge is -2.37. The maximum Gasteiger partial charge on any atom is 0.225 e. The first kappa shape index (κ1) is 29.6. The molecule has 3 fully saturated rings. The maximum atomic E-state index is 12.9. The molecule has 5 rings (SSSR count). The first-order chi connectivity index (χ1) is 19.4. The molecule has 1 amide bonds. The molecule has 1 unspecified atom stereocenters. The Balaban J connectivity index is 1.06. The van der Waals surface area contributed by atoms with E-state index in [4.69, 9.17) is 18.9 Å². The zero-order chi connectivity index (χ0) is 28.0. The third-order valence-corrected chi connectivity index (χ3v) is 9.19. The highest BCUT2D eigenvalue weighted by Crippen LogP contribution is 2.42. The highest BCUT2D eigenvalue weighted by atomic mass is 16.5. The van der Waals surface area contributed by atoms with Gasteiger partial charge in [0.15, 0.2) is 0 Å². The van der Waals surface area contributed by atoms with E-state index in [-0.39, 0.29) is 12.0 Å². The van der Waals surface area contributed by atoms with Gasteiger partial charge in [0, 0.05) is 58.0 Å². The van der Waals surface area contributed by atoms with E-state index in [1.807, 2.05) is 0 Å². The van der Waals surface area contributed by atoms with Gasteiger partial charge in [-0.3, -0.25) is 4.79 Å². The fourth-order valence-corrected chi connectivity index (χ4v) is 6.40. The molecule has 8 nitrogen and oxygen atoms in total. The molecular formula is C32H51N3O5. The van der Waals surface area contributed by atoms with Gasteiger partial charge in [0.05, 0.1) is 24.9 Å². The van der Waals surface area contributed by atoms with Crippen LogP contribution in [0.1, 0.15) is 70.8 Å². The molecule has 2 saturated heterocycles. The number of nitrogens with one attached hydrogen (secondary N) is 2. The third-order valence-electron chi connectivity index (χ3n) is 9.19. The van der Waals surface area contributed by atoms with E-state index in [9.17, 15) is 4.79 Å². The van der Waals surface area contributed by atoms with Crippen molar-refractivity contribution in [3.05, 3.63) is 23.8 Å². The van der Waals surface area contributed by atoms with Crippen LogP contribution in [0.3, 0.4) is 0 Å². The summed E-state index contributed by atoms with van der Waals surface area (Å²) < 4.78 is 23.5. The normalized spacial score (nSPS) is 25.8. The van der Waals surface area contributed by atoms with Crippen molar-refractivity contribution >= 4 is 11.6 Å². The number of hydrogen-bond donors (Lipinski definition) is 2. The summed E-state index contributed by atoms with van der Waals surface area (Å²) in [5.74, 6) is 2.42. The summed E-state index contributed by atoms with van der Waals surface area (Å²) in [7, 11) is 1.77. The number of fused-ring (bicyclic) bond motifs is 1. The Morgan fingerprint density at radius 3 is 2.70 bits per heavy atom. The van der Waals surface area contributed by atoms with Crippen LogP contribution < -0.4 is 20.3 Å². The Kier molecular flexibility index (Phi) is 10.3. The zero-order valence-corrected chi connectivity index (χ0v) is 24.9. The number of hydrogen-bond acceptors (Lipinski definition) is 7. The van der Waals surface area contributed by atoms with E-state index < -0.39 is 5.41 Å². The number of piperidine rings is 1. The Hall–Kier alpha value is -1.87. The summed E-state index contributed by atoms with van der Waals surface area (Å²) in [5.41, 5.74) is 1.98. The molecule has 4 aliphatic rings. The summed E-state index contributed by atoms with van der Waals surface area (Å²) in [6.07, 6.45) is 9.03. The lowest BCUT2D eigenvalue weighted by molar-refractivity contribution is -0.130. The van der Waals surface area contributed by atoms with E-state index in [1.54, 1.807) is 7.11 Å². The highest BCUT2D eigenvalue weighted by Gasteiger charge is 2.38. The molecule has 0 radical (unpaired) electrons. The van der Waals surface area contributed by atoms with Crippen LogP contribution in [0.2, 0.25) is 0 Å². The largest absolute Gasteiger partial charge is 0.486 e. The number of carbonyl (C=O) groups is 1. The minimum absolute atomic E-state index is 0.162. The Morgan fingerprint density at radius 2 is 1.98 bits per heavy atom. The summed E-state index contributed by atoms with van der Waals surface area (Å²) >= 11 is 0. The molecule has 2 N–H and O–H groups in total. The van der Waals surface area contributed by atoms with E-state index in [0.717, 1.165) is 90.3 Å². The minimum atomic E-state index is -0.393. The molecule has 0 aromatic heterocycles. The van der Waals surface area contributed by atoms with Crippen molar-refractivity contribution in [2.24, 2.45) is 17.3 Å². The monoisotopic (exact) mass is 557 g/mol. The van der Waals surface area contributed by atoms with Gasteiger partial charge in [0.25, 0.3) is 0 Å². The van der Waals surface area contributed by atoms with Crippen LogP contribution in [0.5, 0.6) is 5.75 Å². The van der Waals surface area contributed by atoms with Crippen LogP contribution >= 0.6 is 0 Å². The quantitative estimate of drug-likeness (QED) is 0.350. The topological polar surface area (TPSA) is 81.3 Å². The molecular weight excluding hydrogens is 506 g/mol. The van der Waals surface area contributed by atoms with Gasteiger partial charge >= 0.3 is 0 Å². The van der Waals surface area contributed by atoms with E-state index in [1.165, 1.54) is 24.1 Å². The number of amides is 1. The molecule has 3 aliphatic heterocycles. The average Bonchev–Trinajstić information content (AvgIpc) is 3.82. The van der Waals surface area contributed by atoms with Crippen molar-refractivity contribution in [2.45, 2.75) is 90.1 Å². The molecule has 1 aromatic rings. The van der Waals surface area contributed by atoms with Crippen LogP contribution in [0.25, 0.3) is 0 Å². The molecule has 3 atom stereocenters.